The second-order valence-corrected chi connectivity index (χ2v) is 9.92. The average Bonchev–Trinajstić information content (AvgIpc) is 2.96. The minimum Gasteiger partial charge on any atom is -0.453 e. The van der Waals surface area contributed by atoms with Gasteiger partial charge >= 0.3 is 0 Å². The lowest BCUT2D eigenvalue weighted by Crippen LogP contribution is -2.37. The van der Waals surface area contributed by atoms with Crippen molar-refractivity contribution in [2.45, 2.75) is 71.8 Å². The molecule has 0 saturated heterocycles. The summed E-state index contributed by atoms with van der Waals surface area (Å²) in [6.45, 7) is 6.52. The third-order valence-electron chi connectivity index (χ3n) is 6.72. The zero-order valence-corrected chi connectivity index (χ0v) is 24.2. The summed E-state index contributed by atoms with van der Waals surface area (Å²) in [5.41, 5.74) is 2.28. The molecule has 39 heavy (non-hydrogen) atoms. The van der Waals surface area contributed by atoms with Crippen molar-refractivity contribution in [3.8, 4) is 11.5 Å². The average molecular weight is 529 g/mol. The standard InChI is InChI=1S/C33H44N4O2/c1-6-9-16-28(15-8-3)37(5)33(38)26-21-23-27(24-22-26)34-31(20-10-7-2)35-32-30(19-14-25-36(32)4)39-29-17-12-11-13-18-29/h11-14,17-25,28,34H,6-10,15-16H2,1-5H3/b31-20+,35-32-. The number of aromatic nitrogens is 1. The Hall–Kier alpha value is -3.80. The number of para-hydroxylation sites is 1. The van der Waals surface area contributed by atoms with Crippen LogP contribution in [0.4, 0.5) is 5.69 Å². The van der Waals surface area contributed by atoms with Gasteiger partial charge in [-0.2, -0.15) is 0 Å². The molecule has 1 amide bonds. The highest BCUT2D eigenvalue weighted by Crippen LogP contribution is 2.20. The molecule has 0 fully saturated rings. The Labute approximate surface area is 234 Å². The lowest BCUT2D eigenvalue weighted by Gasteiger charge is -2.28. The molecule has 1 aromatic heterocycles. The molecule has 1 N–H and O–H groups in total. The number of ether oxygens (including phenoxy) is 1. The molecule has 2 aromatic carbocycles. The number of hydrogen-bond donors (Lipinski definition) is 1. The lowest BCUT2D eigenvalue weighted by molar-refractivity contribution is 0.0713. The molecular formula is C33H44N4O2. The fourth-order valence-corrected chi connectivity index (χ4v) is 4.45. The SMILES string of the molecule is CCC/C=C(/N=c1/c(Oc2ccccc2)cccn1C)Nc1ccc(C(=O)N(C)C(CCC)CCCC)cc1. The summed E-state index contributed by atoms with van der Waals surface area (Å²) in [5, 5.41) is 3.45. The van der Waals surface area contributed by atoms with Gasteiger partial charge in [-0.3, -0.25) is 4.79 Å². The molecule has 208 valence electrons. The van der Waals surface area contributed by atoms with Crippen LogP contribution >= 0.6 is 0 Å². The molecule has 3 aromatic rings. The molecule has 6 nitrogen and oxygen atoms in total. The molecule has 1 unspecified atom stereocenters. The van der Waals surface area contributed by atoms with Crippen molar-refractivity contribution < 1.29 is 9.53 Å². The maximum absolute atomic E-state index is 13.2. The summed E-state index contributed by atoms with van der Waals surface area (Å²) in [6.07, 6.45) is 11.4. The highest BCUT2D eigenvalue weighted by Gasteiger charge is 2.20. The number of carbonyl (C=O) groups excluding carboxylic acids is 1. The molecular weight excluding hydrogens is 484 g/mol. The Morgan fingerprint density at radius 2 is 1.72 bits per heavy atom. The van der Waals surface area contributed by atoms with E-state index in [1.807, 2.05) is 96.5 Å². The molecule has 6 heteroatoms. The van der Waals surface area contributed by atoms with Crippen LogP contribution in [0.1, 0.15) is 76.1 Å². The maximum atomic E-state index is 13.2. The molecule has 3 rings (SSSR count). The van der Waals surface area contributed by atoms with Crippen molar-refractivity contribution in [3.05, 3.63) is 95.9 Å². The first-order chi connectivity index (χ1) is 19.0. The van der Waals surface area contributed by atoms with E-state index in [4.69, 9.17) is 9.73 Å². The number of carbonyl (C=O) groups is 1. The van der Waals surface area contributed by atoms with Gasteiger partial charge in [0.25, 0.3) is 5.91 Å². The van der Waals surface area contributed by atoms with Crippen molar-refractivity contribution in [1.82, 2.24) is 9.47 Å². The molecule has 0 radical (unpaired) electrons. The number of unbranched alkanes of at least 4 members (excludes halogenated alkanes) is 2. The van der Waals surface area contributed by atoms with Crippen molar-refractivity contribution in [2.75, 3.05) is 12.4 Å². The van der Waals surface area contributed by atoms with Crippen LogP contribution < -0.4 is 15.5 Å². The van der Waals surface area contributed by atoms with Crippen molar-refractivity contribution >= 4 is 11.6 Å². The number of allylic oxidation sites excluding steroid dienone is 1. The fraction of sp³-hybridized carbons (Fsp3) is 0.394. The number of aryl methyl sites for hydroxylation is 1. The highest BCUT2D eigenvalue weighted by atomic mass is 16.5. The van der Waals surface area contributed by atoms with Gasteiger partial charge in [-0.15, -0.1) is 0 Å². The second-order valence-electron chi connectivity index (χ2n) is 9.92. The number of amides is 1. The van der Waals surface area contributed by atoms with Gasteiger partial charge in [0.15, 0.2) is 11.2 Å². The minimum absolute atomic E-state index is 0.0709. The van der Waals surface area contributed by atoms with E-state index in [9.17, 15) is 4.79 Å². The third-order valence-corrected chi connectivity index (χ3v) is 6.72. The number of pyridine rings is 1. The second kappa shape index (κ2) is 15.6. The first-order valence-electron chi connectivity index (χ1n) is 14.2. The van der Waals surface area contributed by atoms with E-state index in [0.717, 1.165) is 62.2 Å². The first-order valence-corrected chi connectivity index (χ1v) is 14.2. The van der Waals surface area contributed by atoms with E-state index in [1.54, 1.807) is 0 Å². The van der Waals surface area contributed by atoms with Gasteiger partial charge in [0.05, 0.1) is 0 Å². The Kier molecular flexibility index (Phi) is 11.9. The summed E-state index contributed by atoms with van der Waals surface area (Å²) >= 11 is 0. The number of benzene rings is 2. The van der Waals surface area contributed by atoms with Crippen LogP contribution in [0.3, 0.4) is 0 Å². The van der Waals surface area contributed by atoms with Crippen molar-refractivity contribution in [1.29, 1.82) is 0 Å². The minimum atomic E-state index is 0.0709. The quantitative estimate of drug-likeness (QED) is 0.231. The predicted octanol–water partition coefficient (Wildman–Crippen LogP) is 7.90. The fourth-order valence-electron chi connectivity index (χ4n) is 4.45. The van der Waals surface area contributed by atoms with E-state index in [1.165, 1.54) is 0 Å². The summed E-state index contributed by atoms with van der Waals surface area (Å²) in [6, 6.07) is 21.6. The summed E-state index contributed by atoms with van der Waals surface area (Å²) in [4.78, 5) is 20.1. The Morgan fingerprint density at radius 3 is 2.38 bits per heavy atom. The van der Waals surface area contributed by atoms with Gasteiger partial charge in [-0.05, 0) is 73.9 Å². The Morgan fingerprint density at radius 1 is 0.974 bits per heavy atom. The van der Waals surface area contributed by atoms with Crippen LogP contribution in [0.5, 0.6) is 11.5 Å². The zero-order valence-electron chi connectivity index (χ0n) is 24.2. The monoisotopic (exact) mass is 528 g/mol. The number of hydrogen-bond acceptors (Lipinski definition) is 4. The van der Waals surface area contributed by atoms with Gasteiger partial charge < -0.3 is 19.5 Å². The van der Waals surface area contributed by atoms with Gasteiger partial charge in [-0.25, -0.2) is 4.99 Å². The van der Waals surface area contributed by atoms with Gasteiger partial charge in [0.1, 0.15) is 11.6 Å². The van der Waals surface area contributed by atoms with Gasteiger partial charge in [0, 0.05) is 37.6 Å². The Bertz CT molecular complexity index is 1260. The maximum Gasteiger partial charge on any atom is 0.253 e. The summed E-state index contributed by atoms with van der Waals surface area (Å²) < 4.78 is 8.11. The van der Waals surface area contributed by atoms with Crippen molar-refractivity contribution in [2.24, 2.45) is 12.0 Å². The molecule has 0 aliphatic heterocycles. The molecule has 0 aliphatic rings. The lowest BCUT2D eigenvalue weighted by atomic mass is 10.0. The van der Waals surface area contributed by atoms with Gasteiger partial charge in [-0.1, -0.05) is 64.7 Å². The van der Waals surface area contributed by atoms with Crippen LogP contribution in [0.2, 0.25) is 0 Å². The predicted molar refractivity (Wildman–Crippen MR) is 161 cm³/mol. The summed E-state index contributed by atoms with van der Waals surface area (Å²) in [5.74, 6) is 2.23. The Balaban J connectivity index is 1.83. The first kappa shape index (κ1) is 29.8. The van der Waals surface area contributed by atoms with E-state index in [0.29, 0.717) is 16.8 Å². The molecule has 0 aliphatic carbocycles. The topological polar surface area (TPSA) is 58.9 Å². The zero-order chi connectivity index (χ0) is 28.0. The normalized spacial score (nSPS) is 12.7. The van der Waals surface area contributed by atoms with E-state index < -0.39 is 0 Å². The number of nitrogens with one attached hydrogen (secondary N) is 1. The van der Waals surface area contributed by atoms with E-state index in [2.05, 4.69) is 32.2 Å². The highest BCUT2D eigenvalue weighted by molar-refractivity contribution is 5.94. The van der Waals surface area contributed by atoms with E-state index in [-0.39, 0.29) is 11.9 Å². The molecule has 1 heterocycles. The van der Waals surface area contributed by atoms with Crippen LogP contribution in [0.15, 0.2) is 89.8 Å². The molecule has 1 atom stereocenters. The largest absolute Gasteiger partial charge is 0.453 e. The molecule has 0 saturated carbocycles. The van der Waals surface area contributed by atoms with Crippen LogP contribution in [0, 0.1) is 0 Å². The smallest absolute Gasteiger partial charge is 0.253 e. The molecule has 0 bridgehead atoms. The van der Waals surface area contributed by atoms with Crippen LogP contribution in [0.25, 0.3) is 0 Å². The van der Waals surface area contributed by atoms with Crippen LogP contribution in [-0.4, -0.2) is 28.5 Å². The van der Waals surface area contributed by atoms with E-state index >= 15 is 0 Å². The number of nitrogens with zero attached hydrogens (tertiary/aromatic N) is 3. The molecule has 0 spiro atoms. The number of rotatable bonds is 14. The van der Waals surface area contributed by atoms with Crippen LogP contribution in [-0.2, 0) is 7.05 Å². The van der Waals surface area contributed by atoms with Gasteiger partial charge in [0.2, 0.25) is 0 Å². The van der Waals surface area contributed by atoms with Crippen molar-refractivity contribution in [3.63, 3.8) is 0 Å². The third kappa shape index (κ3) is 8.88. The number of anilines is 1. The summed E-state index contributed by atoms with van der Waals surface area (Å²) in [7, 11) is 3.89.